The summed E-state index contributed by atoms with van der Waals surface area (Å²) in [5.74, 6) is 0. The van der Waals surface area contributed by atoms with Gasteiger partial charge in [0.2, 0.25) is 0 Å². The number of fused-ring (bicyclic) bond motifs is 1. The van der Waals surface area contributed by atoms with Crippen LogP contribution >= 0.6 is 34.5 Å². The van der Waals surface area contributed by atoms with E-state index in [1.165, 1.54) is 4.88 Å². The van der Waals surface area contributed by atoms with Crippen LogP contribution in [-0.2, 0) is 19.5 Å². The summed E-state index contributed by atoms with van der Waals surface area (Å²) in [7, 11) is 1.87. The van der Waals surface area contributed by atoms with E-state index in [2.05, 4.69) is 23.2 Å². The molecule has 6 heteroatoms. The summed E-state index contributed by atoms with van der Waals surface area (Å²) < 4.78 is 0. The second-order valence-electron chi connectivity index (χ2n) is 5.76. The number of hydrogen-bond donors (Lipinski definition) is 1. The average molecular weight is 366 g/mol. The van der Waals surface area contributed by atoms with E-state index in [4.69, 9.17) is 23.2 Å². The monoisotopic (exact) mass is 365 g/mol. The molecule has 2 aromatic rings. The van der Waals surface area contributed by atoms with Crippen LogP contribution in [0.2, 0.25) is 10.0 Å². The van der Waals surface area contributed by atoms with Gasteiger partial charge in [-0.3, -0.25) is 4.90 Å². The Morgan fingerprint density at radius 3 is 2.91 bits per heavy atom. The highest BCUT2D eigenvalue weighted by Gasteiger charge is 2.29. The van der Waals surface area contributed by atoms with Crippen LogP contribution in [0.4, 0.5) is 5.00 Å². The fourth-order valence-electron chi connectivity index (χ4n) is 2.99. The molecule has 0 radical (unpaired) electrons. The van der Waals surface area contributed by atoms with Gasteiger partial charge >= 0.3 is 0 Å². The first-order valence-electron chi connectivity index (χ1n) is 7.43. The van der Waals surface area contributed by atoms with Crippen molar-refractivity contribution in [2.75, 3.05) is 12.4 Å². The fraction of sp³-hybridized carbons (Fsp3) is 0.353. The molecule has 1 aliphatic heterocycles. The zero-order chi connectivity index (χ0) is 16.6. The number of halogens is 2. The summed E-state index contributed by atoms with van der Waals surface area (Å²) in [4.78, 5) is 3.67. The molecule has 120 valence electrons. The summed E-state index contributed by atoms with van der Waals surface area (Å²) >= 11 is 14.1. The first-order valence-corrected chi connectivity index (χ1v) is 9.01. The number of nitrogens with one attached hydrogen (secondary N) is 1. The lowest BCUT2D eigenvalue weighted by molar-refractivity contribution is 0.177. The van der Waals surface area contributed by atoms with E-state index in [0.717, 1.165) is 46.2 Å². The maximum absolute atomic E-state index is 9.48. The van der Waals surface area contributed by atoms with Gasteiger partial charge in [0.25, 0.3) is 0 Å². The fourth-order valence-corrected chi connectivity index (χ4v) is 4.60. The molecule has 0 spiro atoms. The minimum atomic E-state index is 0.396. The molecular weight excluding hydrogens is 349 g/mol. The number of hydrogen-bond acceptors (Lipinski definition) is 4. The maximum atomic E-state index is 9.48. The molecule has 0 bridgehead atoms. The topological polar surface area (TPSA) is 39.1 Å². The Labute approximate surface area is 150 Å². The van der Waals surface area contributed by atoms with Crippen molar-refractivity contribution in [2.45, 2.75) is 32.5 Å². The van der Waals surface area contributed by atoms with Crippen LogP contribution in [0, 0.1) is 11.3 Å². The van der Waals surface area contributed by atoms with Crippen molar-refractivity contribution in [2.24, 2.45) is 0 Å². The summed E-state index contributed by atoms with van der Waals surface area (Å²) in [6.45, 7) is 3.71. The zero-order valence-corrected chi connectivity index (χ0v) is 15.3. The molecule has 3 nitrogen and oxygen atoms in total. The van der Waals surface area contributed by atoms with Gasteiger partial charge in [0.05, 0.1) is 5.56 Å². The second-order valence-corrected chi connectivity index (χ2v) is 7.71. The SMILES string of the molecule is CNc1sc2c(c1C#N)CN(Cc1cc(Cl)ccc1Cl)C(C)C2. The van der Waals surface area contributed by atoms with Gasteiger partial charge in [-0.25, -0.2) is 0 Å². The van der Waals surface area contributed by atoms with Crippen molar-refractivity contribution in [1.82, 2.24) is 4.90 Å². The summed E-state index contributed by atoms with van der Waals surface area (Å²) in [5.41, 5.74) is 2.96. The van der Waals surface area contributed by atoms with Gasteiger partial charge in [0.15, 0.2) is 0 Å². The molecule has 0 fully saturated rings. The van der Waals surface area contributed by atoms with E-state index in [1.54, 1.807) is 17.4 Å². The molecule has 1 unspecified atom stereocenters. The standard InChI is InChI=1S/C17H17Cl2N3S/c1-10-5-16-14(13(7-20)17(21-2)23-16)9-22(10)8-11-6-12(18)3-4-15(11)19/h3-4,6,10,21H,5,8-9H2,1-2H3. The van der Waals surface area contributed by atoms with E-state index in [1.807, 2.05) is 19.2 Å². The van der Waals surface area contributed by atoms with Crippen molar-refractivity contribution < 1.29 is 0 Å². The Bertz CT molecular complexity index is 779. The van der Waals surface area contributed by atoms with E-state index in [0.29, 0.717) is 11.1 Å². The Balaban J connectivity index is 1.90. The Morgan fingerprint density at radius 2 is 2.22 bits per heavy atom. The van der Waals surface area contributed by atoms with Crippen molar-refractivity contribution in [1.29, 1.82) is 5.26 Å². The van der Waals surface area contributed by atoms with Gasteiger partial charge in [-0.2, -0.15) is 5.26 Å². The molecule has 0 amide bonds. The van der Waals surface area contributed by atoms with Gasteiger partial charge in [0.1, 0.15) is 11.1 Å². The van der Waals surface area contributed by atoms with E-state index in [9.17, 15) is 5.26 Å². The van der Waals surface area contributed by atoms with Crippen molar-refractivity contribution in [3.8, 4) is 6.07 Å². The van der Waals surface area contributed by atoms with E-state index < -0.39 is 0 Å². The number of anilines is 1. The summed E-state index contributed by atoms with van der Waals surface area (Å²) in [5, 5.41) is 15.0. The molecule has 1 aliphatic rings. The van der Waals surface area contributed by atoms with Gasteiger partial charge in [-0.05, 0) is 37.1 Å². The number of thiophene rings is 1. The predicted octanol–water partition coefficient (Wildman–Crippen LogP) is 4.92. The molecule has 1 N–H and O–H groups in total. The highest BCUT2D eigenvalue weighted by Crippen LogP contribution is 2.38. The number of nitrogens with zero attached hydrogens (tertiary/aromatic N) is 2. The quantitative estimate of drug-likeness (QED) is 0.839. The number of rotatable bonds is 3. The zero-order valence-electron chi connectivity index (χ0n) is 13.0. The third-order valence-electron chi connectivity index (χ3n) is 4.28. The second kappa shape index (κ2) is 6.70. The normalized spacial score (nSPS) is 17.6. The predicted molar refractivity (Wildman–Crippen MR) is 97.5 cm³/mol. The lowest BCUT2D eigenvalue weighted by atomic mass is 9.99. The largest absolute Gasteiger partial charge is 0.379 e. The number of nitriles is 1. The lowest BCUT2D eigenvalue weighted by Gasteiger charge is -2.33. The Morgan fingerprint density at radius 1 is 1.43 bits per heavy atom. The summed E-state index contributed by atoms with van der Waals surface area (Å²) in [6, 6.07) is 8.30. The minimum absolute atomic E-state index is 0.396. The maximum Gasteiger partial charge on any atom is 0.107 e. The van der Waals surface area contributed by atoms with Crippen LogP contribution in [-0.4, -0.2) is 18.0 Å². The molecule has 2 heterocycles. The average Bonchev–Trinajstić information content (AvgIpc) is 2.87. The van der Waals surface area contributed by atoms with Gasteiger partial charge in [-0.15, -0.1) is 11.3 Å². The first kappa shape index (κ1) is 16.6. The van der Waals surface area contributed by atoms with Crippen LogP contribution in [0.15, 0.2) is 18.2 Å². The lowest BCUT2D eigenvalue weighted by Crippen LogP contribution is -2.37. The number of benzene rings is 1. The van der Waals surface area contributed by atoms with Gasteiger partial charge in [-0.1, -0.05) is 23.2 Å². The van der Waals surface area contributed by atoms with E-state index in [-0.39, 0.29) is 0 Å². The molecule has 1 aromatic carbocycles. The highest BCUT2D eigenvalue weighted by molar-refractivity contribution is 7.16. The van der Waals surface area contributed by atoms with Gasteiger partial charge < -0.3 is 5.32 Å². The summed E-state index contributed by atoms with van der Waals surface area (Å²) in [6.07, 6.45) is 0.953. The van der Waals surface area contributed by atoms with Crippen LogP contribution in [0.5, 0.6) is 0 Å². The first-order chi connectivity index (χ1) is 11.0. The van der Waals surface area contributed by atoms with Crippen LogP contribution in [0.3, 0.4) is 0 Å². The van der Waals surface area contributed by atoms with Crippen LogP contribution < -0.4 is 5.32 Å². The van der Waals surface area contributed by atoms with E-state index >= 15 is 0 Å². The molecule has 1 aromatic heterocycles. The molecule has 23 heavy (non-hydrogen) atoms. The molecular formula is C17H17Cl2N3S. The van der Waals surface area contributed by atoms with Crippen LogP contribution in [0.25, 0.3) is 0 Å². The van der Waals surface area contributed by atoms with Crippen molar-refractivity contribution in [3.63, 3.8) is 0 Å². The molecule has 0 aliphatic carbocycles. The molecule has 1 atom stereocenters. The Hall–Kier alpha value is -1.25. The third kappa shape index (κ3) is 3.20. The molecule has 0 saturated heterocycles. The van der Waals surface area contributed by atoms with Gasteiger partial charge in [0, 0.05) is 46.7 Å². The minimum Gasteiger partial charge on any atom is -0.379 e. The van der Waals surface area contributed by atoms with Crippen molar-refractivity contribution in [3.05, 3.63) is 49.8 Å². The third-order valence-corrected chi connectivity index (χ3v) is 6.15. The molecule has 3 rings (SSSR count). The van der Waals surface area contributed by atoms with Crippen LogP contribution in [0.1, 0.15) is 28.5 Å². The highest BCUT2D eigenvalue weighted by atomic mass is 35.5. The van der Waals surface area contributed by atoms with Crippen molar-refractivity contribution >= 4 is 39.5 Å². The smallest absolute Gasteiger partial charge is 0.107 e. The molecule has 0 saturated carbocycles. The Kier molecular flexibility index (Phi) is 4.84.